The quantitative estimate of drug-likeness (QED) is 0.559. The minimum Gasteiger partial charge on any atom is -0.369 e. The van der Waals surface area contributed by atoms with Gasteiger partial charge in [0.25, 0.3) is 10.0 Å². The molecule has 178 valence electrons. The smallest absolute Gasteiger partial charge is 0.263 e. The Balaban J connectivity index is 1.21. The van der Waals surface area contributed by atoms with Crippen molar-refractivity contribution in [1.82, 2.24) is 9.88 Å². The molecule has 0 radical (unpaired) electrons. The lowest BCUT2D eigenvalue weighted by Crippen LogP contribution is -2.52. The molecule has 0 bridgehead atoms. The molecular weight excluding hydrogens is 477 g/mol. The van der Waals surface area contributed by atoms with Crippen LogP contribution in [0.3, 0.4) is 0 Å². The van der Waals surface area contributed by atoms with E-state index in [2.05, 4.69) is 19.5 Å². The molecule has 5 rings (SSSR count). The lowest BCUT2D eigenvalue weighted by atomic mass is 10.1. The van der Waals surface area contributed by atoms with E-state index in [1.165, 1.54) is 41.8 Å². The van der Waals surface area contributed by atoms with Gasteiger partial charge in [0.1, 0.15) is 5.82 Å². The van der Waals surface area contributed by atoms with Crippen LogP contribution >= 0.6 is 11.3 Å². The highest BCUT2D eigenvalue weighted by Crippen LogP contribution is 2.28. The zero-order valence-electron chi connectivity index (χ0n) is 18.3. The Morgan fingerprint density at radius 2 is 1.76 bits per heavy atom. The number of amides is 1. The van der Waals surface area contributed by atoms with Gasteiger partial charge in [-0.3, -0.25) is 14.4 Å². The Labute approximate surface area is 201 Å². The first-order chi connectivity index (χ1) is 16.4. The normalized spacial score (nSPS) is 19.6. The molecule has 11 heteroatoms. The lowest BCUT2D eigenvalue weighted by Gasteiger charge is -2.38. The van der Waals surface area contributed by atoms with E-state index in [0.29, 0.717) is 23.8 Å². The highest BCUT2D eigenvalue weighted by atomic mass is 32.2. The van der Waals surface area contributed by atoms with Crippen molar-refractivity contribution in [3.8, 4) is 0 Å². The second-order valence-electron chi connectivity index (χ2n) is 8.23. The molecule has 2 aromatic carbocycles. The molecule has 0 saturated carbocycles. The molecule has 1 atom stereocenters. The molecule has 2 saturated heterocycles. The van der Waals surface area contributed by atoms with Crippen LogP contribution in [-0.2, 0) is 14.8 Å². The lowest BCUT2D eigenvalue weighted by molar-refractivity contribution is -0.121. The van der Waals surface area contributed by atoms with E-state index < -0.39 is 10.0 Å². The Hall–Kier alpha value is -3.02. The maximum Gasteiger partial charge on any atom is 0.263 e. The number of rotatable bonds is 6. The largest absolute Gasteiger partial charge is 0.369 e. The highest BCUT2D eigenvalue weighted by molar-refractivity contribution is 7.93. The van der Waals surface area contributed by atoms with E-state index in [1.807, 2.05) is 6.07 Å². The summed E-state index contributed by atoms with van der Waals surface area (Å²) >= 11 is 1.20. The van der Waals surface area contributed by atoms with Crippen LogP contribution in [0.25, 0.3) is 0 Å². The van der Waals surface area contributed by atoms with Crippen molar-refractivity contribution >= 4 is 43.8 Å². The van der Waals surface area contributed by atoms with Gasteiger partial charge in [0.2, 0.25) is 5.91 Å². The van der Waals surface area contributed by atoms with Crippen LogP contribution in [0.4, 0.5) is 20.9 Å². The molecule has 3 aromatic rings. The van der Waals surface area contributed by atoms with E-state index in [1.54, 1.807) is 28.5 Å². The van der Waals surface area contributed by atoms with Gasteiger partial charge in [-0.05, 0) is 48.9 Å². The van der Waals surface area contributed by atoms with Gasteiger partial charge in [-0.25, -0.2) is 17.8 Å². The van der Waals surface area contributed by atoms with E-state index in [0.717, 1.165) is 31.9 Å². The molecular formula is C23H24FN5O3S2. The van der Waals surface area contributed by atoms with Crippen LogP contribution in [0.2, 0.25) is 0 Å². The third kappa shape index (κ3) is 4.63. The molecule has 2 aliphatic rings. The average Bonchev–Trinajstić information content (AvgIpc) is 3.48. The van der Waals surface area contributed by atoms with Crippen molar-refractivity contribution in [3.05, 3.63) is 65.9 Å². The molecule has 1 aromatic heterocycles. The number of benzene rings is 2. The summed E-state index contributed by atoms with van der Waals surface area (Å²) in [5.41, 5.74) is 1.54. The maximum absolute atomic E-state index is 13.5. The summed E-state index contributed by atoms with van der Waals surface area (Å²) in [6.45, 7) is 3.48. The van der Waals surface area contributed by atoms with Crippen molar-refractivity contribution in [2.45, 2.75) is 17.4 Å². The van der Waals surface area contributed by atoms with Gasteiger partial charge in [-0.15, -0.1) is 11.3 Å². The summed E-state index contributed by atoms with van der Waals surface area (Å²) in [5, 5.41) is 2.00. The summed E-state index contributed by atoms with van der Waals surface area (Å²) in [5.74, 6) is -0.227. The van der Waals surface area contributed by atoms with Crippen LogP contribution < -0.4 is 14.5 Å². The number of anilines is 3. The molecule has 1 amide bonds. The molecule has 0 aliphatic carbocycles. The number of hydrogen-bond donors (Lipinski definition) is 1. The van der Waals surface area contributed by atoms with Gasteiger partial charge in [-0.2, -0.15) is 0 Å². The molecule has 0 unspecified atom stereocenters. The van der Waals surface area contributed by atoms with Gasteiger partial charge in [0.05, 0.1) is 10.9 Å². The van der Waals surface area contributed by atoms with E-state index in [9.17, 15) is 17.6 Å². The number of carbonyl (C=O) groups is 1. The highest BCUT2D eigenvalue weighted by Gasteiger charge is 2.38. The standard InChI is InChI=1S/C23H24FN5O3S2/c24-17-2-1-3-19(16-17)27-11-13-28(14-12-27)21-8-10-29(22(21)30)18-4-6-20(7-5-18)34(31,32)26-23-25-9-15-33-23/h1-7,9,15-16,21H,8,10-14H2,(H,25,26)/t21-/m0/s1. The number of nitrogens with zero attached hydrogens (tertiary/aromatic N) is 4. The predicted molar refractivity (Wildman–Crippen MR) is 130 cm³/mol. The Kier molecular flexibility index (Phi) is 6.24. The minimum absolute atomic E-state index is 0.0238. The number of nitrogens with one attached hydrogen (secondary N) is 1. The monoisotopic (exact) mass is 501 g/mol. The van der Waals surface area contributed by atoms with Gasteiger partial charge in [0, 0.05) is 55.7 Å². The third-order valence-electron chi connectivity index (χ3n) is 6.22. The van der Waals surface area contributed by atoms with E-state index in [-0.39, 0.29) is 22.7 Å². The first-order valence-corrected chi connectivity index (χ1v) is 13.4. The van der Waals surface area contributed by atoms with Crippen molar-refractivity contribution in [3.63, 3.8) is 0 Å². The third-order valence-corrected chi connectivity index (χ3v) is 8.39. The van der Waals surface area contributed by atoms with Crippen LogP contribution in [-0.4, -0.2) is 63.0 Å². The zero-order valence-corrected chi connectivity index (χ0v) is 19.9. The number of sulfonamides is 1. The molecule has 34 heavy (non-hydrogen) atoms. The minimum atomic E-state index is -3.74. The summed E-state index contributed by atoms with van der Waals surface area (Å²) < 4.78 is 41.1. The van der Waals surface area contributed by atoms with Crippen molar-refractivity contribution in [2.75, 3.05) is 47.2 Å². The van der Waals surface area contributed by atoms with Gasteiger partial charge in [0.15, 0.2) is 5.13 Å². The fourth-order valence-electron chi connectivity index (χ4n) is 4.48. The first kappa shape index (κ1) is 22.8. The molecule has 2 fully saturated rings. The first-order valence-electron chi connectivity index (χ1n) is 11.0. The fourth-order valence-corrected chi connectivity index (χ4v) is 6.27. The number of hydrogen-bond acceptors (Lipinski definition) is 7. The van der Waals surface area contributed by atoms with Crippen molar-refractivity contribution in [2.24, 2.45) is 0 Å². The van der Waals surface area contributed by atoms with Crippen LogP contribution in [0.5, 0.6) is 0 Å². The fraction of sp³-hybridized carbons (Fsp3) is 0.304. The van der Waals surface area contributed by atoms with Crippen LogP contribution in [0.15, 0.2) is 65.0 Å². The van der Waals surface area contributed by atoms with Gasteiger partial charge >= 0.3 is 0 Å². The van der Waals surface area contributed by atoms with Crippen LogP contribution in [0.1, 0.15) is 6.42 Å². The van der Waals surface area contributed by atoms with Crippen LogP contribution in [0, 0.1) is 5.82 Å². The summed E-state index contributed by atoms with van der Waals surface area (Å²) in [6, 6.07) is 12.7. The molecule has 0 spiro atoms. The molecule has 8 nitrogen and oxygen atoms in total. The summed E-state index contributed by atoms with van der Waals surface area (Å²) in [7, 11) is -3.74. The molecule has 1 N–H and O–H groups in total. The average molecular weight is 502 g/mol. The Morgan fingerprint density at radius 1 is 1.00 bits per heavy atom. The van der Waals surface area contributed by atoms with Gasteiger partial charge < -0.3 is 9.80 Å². The number of carbonyl (C=O) groups excluding carboxylic acids is 1. The Bertz CT molecular complexity index is 1260. The number of piperazine rings is 1. The summed E-state index contributed by atoms with van der Waals surface area (Å²) in [4.78, 5) is 23.3. The molecule has 2 aliphatic heterocycles. The van der Waals surface area contributed by atoms with E-state index in [4.69, 9.17) is 0 Å². The Morgan fingerprint density at radius 3 is 2.44 bits per heavy atom. The topological polar surface area (TPSA) is 85.9 Å². The SMILES string of the molecule is O=C1[C@@H](N2CCN(c3cccc(F)c3)CC2)CCN1c1ccc(S(=O)(=O)Nc2nccs2)cc1. The van der Waals surface area contributed by atoms with Crippen molar-refractivity contribution < 1.29 is 17.6 Å². The van der Waals surface area contributed by atoms with Gasteiger partial charge in [-0.1, -0.05) is 6.07 Å². The maximum atomic E-state index is 13.5. The van der Waals surface area contributed by atoms with Crippen molar-refractivity contribution in [1.29, 1.82) is 0 Å². The number of aromatic nitrogens is 1. The second-order valence-corrected chi connectivity index (χ2v) is 10.8. The number of thiazole rings is 1. The van der Waals surface area contributed by atoms with E-state index >= 15 is 0 Å². The summed E-state index contributed by atoms with van der Waals surface area (Å²) in [6.07, 6.45) is 2.24. The predicted octanol–water partition coefficient (Wildman–Crippen LogP) is 3.01. The number of halogens is 1. The molecule has 3 heterocycles. The second kappa shape index (κ2) is 9.32. The zero-order chi connectivity index (χ0) is 23.7.